The molecule has 0 unspecified atom stereocenters. The maximum Gasteiger partial charge on any atom is 0.303 e. The molecule has 180 valence electrons. The second-order valence-corrected chi connectivity index (χ2v) is 12.1. The summed E-state index contributed by atoms with van der Waals surface area (Å²) in [6, 6.07) is 0. The minimum atomic E-state index is -1.54. The second kappa shape index (κ2) is 6.26. The molecular weight excluding hydrogens is 416 g/mol. The van der Waals surface area contributed by atoms with Gasteiger partial charge in [0.25, 0.3) is 0 Å². The third-order valence-electron chi connectivity index (χ3n) is 9.94. The highest BCUT2D eigenvalue weighted by Gasteiger charge is 2.84. The van der Waals surface area contributed by atoms with E-state index >= 15 is 0 Å². The van der Waals surface area contributed by atoms with Gasteiger partial charge >= 0.3 is 11.9 Å². The largest absolute Gasteiger partial charge is 0.462 e. The lowest BCUT2D eigenvalue weighted by Crippen LogP contribution is -2.63. The number of carbonyl (C=O) groups excluding carboxylic acids is 2. The zero-order valence-electron chi connectivity index (χ0n) is 19.8. The topological polar surface area (TPSA) is 126 Å². The minimum absolute atomic E-state index is 0.202. The fourth-order valence-electron chi connectivity index (χ4n) is 8.91. The van der Waals surface area contributed by atoms with Gasteiger partial charge in [0.2, 0.25) is 0 Å². The Morgan fingerprint density at radius 1 is 0.969 bits per heavy atom. The van der Waals surface area contributed by atoms with Gasteiger partial charge in [-0.3, -0.25) is 9.59 Å². The molecule has 11 atom stereocenters. The van der Waals surface area contributed by atoms with Gasteiger partial charge in [-0.05, 0) is 45.4 Å². The van der Waals surface area contributed by atoms with Crippen LogP contribution in [0.2, 0.25) is 0 Å². The highest BCUT2D eigenvalue weighted by molar-refractivity contribution is 5.67. The molecule has 1 saturated heterocycles. The summed E-state index contributed by atoms with van der Waals surface area (Å²) in [5.74, 6) is -2.31. The van der Waals surface area contributed by atoms with Crippen molar-refractivity contribution in [2.45, 2.75) is 108 Å². The van der Waals surface area contributed by atoms with Crippen LogP contribution in [0.5, 0.6) is 0 Å². The first-order valence-corrected chi connectivity index (χ1v) is 11.8. The van der Waals surface area contributed by atoms with Crippen molar-refractivity contribution < 1.29 is 39.1 Å². The van der Waals surface area contributed by atoms with Gasteiger partial charge in [-0.1, -0.05) is 13.8 Å². The van der Waals surface area contributed by atoms with Crippen LogP contribution < -0.4 is 0 Å². The zero-order valence-corrected chi connectivity index (χ0v) is 19.8. The van der Waals surface area contributed by atoms with Crippen molar-refractivity contribution in [2.75, 3.05) is 0 Å². The van der Waals surface area contributed by atoms with Crippen molar-refractivity contribution in [3.8, 4) is 0 Å². The van der Waals surface area contributed by atoms with Crippen molar-refractivity contribution in [3.05, 3.63) is 0 Å². The van der Waals surface area contributed by atoms with Crippen LogP contribution in [0, 0.1) is 28.6 Å². The van der Waals surface area contributed by atoms with E-state index < -0.39 is 57.7 Å². The first-order valence-electron chi connectivity index (χ1n) is 11.8. The van der Waals surface area contributed by atoms with Crippen LogP contribution in [0.25, 0.3) is 0 Å². The molecule has 0 radical (unpaired) electrons. The maximum atomic E-state index is 12.3. The van der Waals surface area contributed by atoms with Gasteiger partial charge in [0, 0.05) is 36.5 Å². The molecule has 8 nitrogen and oxygen atoms in total. The van der Waals surface area contributed by atoms with Crippen LogP contribution in [0.3, 0.4) is 0 Å². The molecule has 1 heterocycles. The normalized spacial score (nSPS) is 57.0. The summed E-state index contributed by atoms with van der Waals surface area (Å²) < 4.78 is 17.6. The molecule has 8 heteroatoms. The molecule has 5 fully saturated rings. The van der Waals surface area contributed by atoms with Crippen molar-refractivity contribution >= 4 is 11.9 Å². The lowest BCUT2D eigenvalue weighted by Gasteiger charge is -2.52. The quantitative estimate of drug-likeness (QED) is 0.423. The Kier molecular flexibility index (Phi) is 4.41. The molecule has 1 spiro atoms. The number of ether oxygens (including phenoxy) is 3. The average Bonchev–Trinajstić information content (AvgIpc) is 3.35. The van der Waals surface area contributed by atoms with Crippen molar-refractivity contribution in [2.24, 2.45) is 28.6 Å². The van der Waals surface area contributed by atoms with Crippen molar-refractivity contribution in [1.29, 1.82) is 0 Å². The van der Waals surface area contributed by atoms with Gasteiger partial charge in [-0.15, -0.1) is 0 Å². The molecule has 32 heavy (non-hydrogen) atoms. The van der Waals surface area contributed by atoms with Gasteiger partial charge in [-0.25, -0.2) is 0 Å². The van der Waals surface area contributed by atoms with Crippen molar-refractivity contribution in [1.82, 2.24) is 0 Å². The van der Waals surface area contributed by atoms with Gasteiger partial charge in [0.15, 0.2) is 0 Å². The predicted octanol–water partition coefficient (Wildman–Crippen LogP) is 1.33. The third kappa shape index (κ3) is 2.53. The van der Waals surface area contributed by atoms with E-state index in [1.165, 1.54) is 13.8 Å². The van der Waals surface area contributed by atoms with Crippen LogP contribution in [-0.4, -0.2) is 68.5 Å². The number of hydrogen-bond donors (Lipinski definition) is 3. The van der Waals surface area contributed by atoms with E-state index in [-0.39, 0.29) is 30.5 Å². The maximum absolute atomic E-state index is 12.3. The zero-order chi connectivity index (χ0) is 23.6. The molecule has 1 aliphatic heterocycles. The number of rotatable bonds is 2. The highest BCUT2D eigenvalue weighted by atomic mass is 16.6. The van der Waals surface area contributed by atoms with Crippen LogP contribution in [0.4, 0.5) is 0 Å². The van der Waals surface area contributed by atoms with Gasteiger partial charge in [0.05, 0.1) is 23.4 Å². The second-order valence-electron chi connectivity index (χ2n) is 12.1. The van der Waals surface area contributed by atoms with Crippen LogP contribution >= 0.6 is 0 Å². The van der Waals surface area contributed by atoms with Crippen LogP contribution in [0.15, 0.2) is 0 Å². The summed E-state index contributed by atoms with van der Waals surface area (Å²) in [5.41, 5.74) is -5.65. The molecule has 0 aromatic heterocycles. The molecule has 4 saturated carbocycles. The van der Waals surface area contributed by atoms with Gasteiger partial charge in [0.1, 0.15) is 17.8 Å². The summed E-state index contributed by atoms with van der Waals surface area (Å²) in [7, 11) is 0. The van der Waals surface area contributed by atoms with Gasteiger partial charge < -0.3 is 29.5 Å². The Balaban J connectivity index is 1.72. The number of fused-ring (bicyclic) bond motifs is 4. The van der Waals surface area contributed by atoms with E-state index in [1.807, 2.05) is 13.8 Å². The Morgan fingerprint density at radius 2 is 1.59 bits per heavy atom. The lowest BCUT2D eigenvalue weighted by molar-refractivity contribution is -0.230. The first kappa shape index (κ1) is 22.6. The fraction of sp³-hybridized carbons (Fsp3) is 0.917. The summed E-state index contributed by atoms with van der Waals surface area (Å²) >= 11 is 0. The summed E-state index contributed by atoms with van der Waals surface area (Å²) in [6.07, 6.45) is -0.447. The number of esters is 2. The van der Waals surface area contributed by atoms with E-state index in [0.29, 0.717) is 19.3 Å². The third-order valence-corrected chi connectivity index (χ3v) is 9.94. The molecule has 3 N–H and O–H groups in total. The average molecular weight is 453 g/mol. The minimum Gasteiger partial charge on any atom is -0.462 e. The molecule has 5 rings (SSSR count). The van der Waals surface area contributed by atoms with E-state index in [9.17, 15) is 24.9 Å². The molecule has 0 aromatic rings. The fourth-order valence-corrected chi connectivity index (χ4v) is 8.91. The number of epoxide rings is 1. The first-order chi connectivity index (χ1) is 14.6. The molecule has 0 amide bonds. The Morgan fingerprint density at radius 3 is 2.19 bits per heavy atom. The molecule has 4 aliphatic carbocycles. The van der Waals surface area contributed by atoms with Gasteiger partial charge in [-0.2, -0.15) is 0 Å². The lowest BCUT2D eigenvalue weighted by atomic mass is 9.57. The van der Waals surface area contributed by atoms with Crippen LogP contribution in [0.1, 0.15) is 67.2 Å². The van der Waals surface area contributed by atoms with E-state index in [2.05, 4.69) is 0 Å². The Labute approximate surface area is 188 Å². The number of hydrogen-bond acceptors (Lipinski definition) is 8. The monoisotopic (exact) mass is 452 g/mol. The highest BCUT2D eigenvalue weighted by Crippen LogP contribution is 2.73. The summed E-state index contributed by atoms with van der Waals surface area (Å²) in [4.78, 5) is 24.3. The standard InChI is InChI=1S/C24H36O8/c1-11(25)30-15-9-23-10-21(5,27)13(18(23)31-12(2)26)7-8-14(23)22(6,28)17-16-19(32-16)20(3,4)24(15,17)29/h13-19,27-29H,7-10H2,1-6H3/t13-,14+,15-,16+,17+,18-,19+,21-,22-,23+,24-/m1/s1. The number of aliphatic hydroxyl groups is 3. The summed E-state index contributed by atoms with van der Waals surface area (Å²) in [6.45, 7) is 9.95. The SMILES string of the molecule is CC(=O)O[C@@H]1[C@H]2CC[C@H]3[C@@](C)(O)[C@@H]4[C@@H]5O[C@@H]5C(C)(C)[C@@]4(O)[C@H](OC(C)=O)C[C@@]13C[C@@]2(C)O. The Bertz CT molecular complexity index is 864. The van der Waals surface area contributed by atoms with E-state index in [4.69, 9.17) is 14.2 Å². The van der Waals surface area contributed by atoms with Crippen LogP contribution in [-0.2, 0) is 23.8 Å². The van der Waals surface area contributed by atoms with Crippen molar-refractivity contribution in [3.63, 3.8) is 0 Å². The summed E-state index contributed by atoms with van der Waals surface area (Å²) in [5, 5.41) is 35.9. The molecule has 5 aliphatic rings. The smallest absolute Gasteiger partial charge is 0.303 e. The molecular formula is C24H36O8. The molecule has 2 bridgehead atoms. The number of carbonyl (C=O) groups is 2. The molecule has 0 aromatic carbocycles. The Hall–Kier alpha value is -1.22. The van der Waals surface area contributed by atoms with E-state index in [1.54, 1.807) is 13.8 Å². The predicted molar refractivity (Wildman–Crippen MR) is 111 cm³/mol. The van der Waals surface area contributed by atoms with E-state index in [0.717, 1.165) is 0 Å².